The standard InChI is InChI=1S/C18H14FNO/c19-17-8-5-14(6-9-17)12-20(13-21)18-10-7-15-3-1-2-4-16(15)11-18/h1-11,13H,12H2. The SMILES string of the molecule is O=CN(Cc1ccc(F)cc1)c1ccc2ccccc2c1. The Balaban J connectivity index is 1.90. The minimum absolute atomic E-state index is 0.276. The lowest BCUT2D eigenvalue weighted by Gasteiger charge is -2.18. The van der Waals surface area contributed by atoms with Gasteiger partial charge in [-0.25, -0.2) is 4.39 Å². The smallest absolute Gasteiger partial charge is 0.214 e. The van der Waals surface area contributed by atoms with E-state index in [1.54, 1.807) is 17.0 Å². The molecule has 104 valence electrons. The van der Waals surface area contributed by atoms with Crippen LogP contribution in [0, 0.1) is 5.82 Å². The summed E-state index contributed by atoms with van der Waals surface area (Å²) in [5.74, 6) is -0.276. The molecule has 3 aromatic rings. The molecule has 0 bridgehead atoms. The maximum atomic E-state index is 12.9. The monoisotopic (exact) mass is 279 g/mol. The highest BCUT2D eigenvalue weighted by molar-refractivity contribution is 5.88. The molecule has 0 heterocycles. The number of halogens is 1. The normalized spacial score (nSPS) is 10.5. The number of rotatable bonds is 4. The van der Waals surface area contributed by atoms with Crippen LogP contribution in [-0.2, 0) is 11.3 Å². The van der Waals surface area contributed by atoms with Gasteiger partial charge >= 0.3 is 0 Å². The molecular weight excluding hydrogens is 265 g/mol. The van der Waals surface area contributed by atoms with Crippen molar-refractivity contribution in [2.75, 3.05) is 4.90 Å². The molecule has 0 saturated carbocycles. The van der Waals surface area contributed by atoms with Gasteiger partial charge in [0, 0.05) is 5.69 Å². The highest BCUT2D eigenvalue weighted by Crippen LogP contribution is 2.22. The fraction of sp³-hybridized carbons (Fsp3) is 0.0556. The van der Waals surface area contributed by atoms with E-state index in [-0.39, 0.29) is 5.82 Å². The zero-order valence-corrected chi connectivity index (χ0v) is 11.4. The molecule has 0 aliphatic rings. The van der Waals surface area contributed by atoms with E-state index in [4.69, 9.17) is 0 Å². The summed E-state index contributed by atoms with van der Waals surface area (Å²) in [5.41, 5.74) is 1.71. The molecule has 3 heteroatoms. The van der Waals surface area contributed by atoms with Crippen molar-refractivity contribution in [1.29, 1.82) is 0 Å². The predicted molar refractivity (Wildman–Crippen MR) is 82.6 cm³/mol. The molecule has 0 spiro atoms. The Morgan fingerprint density at radius 3 is 2.33 bits per heavy atom. The zero-order valence-electron chi connectivity index (χ0n) is 11.4. The summed E-state index contributed by atoms with van der Waals surface area (Å²) in [6.07, 6.45) is 0.799. The number of fused-ring (bicyclic) bond motifs is 1. The van der Waals surface area contributed by atoms with Gasteiger partial charge in [-0.15, -0.1) is 0 Å². The summed E-state index contributed by atoms with van der Waals surface area (Å²) in [5, 5.41) is 2.22. The molecule has 3 rings (SSSR count). The Bertz CT molecular complexity index is 768. The maximum Gasteiger partial charge on any atom is 0.214 e. The van der Waals surface area contributed by atoms with Gasteiger partial charge in [0.15, 0.2) is 0 Å². The van der Waals surface area contributed by atoms with Crippen LogP contribution in [0.1, 0.15) is 5.56 Å². The number of nitrogens with zero attached hydrogens (tertiary/aromatic N) is 1. The van der Waals surface area contributed by atoms with Crippen molar-refractivity contribution in [2.45, 2.75) is 6.54 Å². The van der Waals surface area contributed by atoms with Crippen molar-refractivity contribution in [1.82, 2.24) is 0 Å². The highest BCUT2D eigenvalue weighted by atomic mass is 19.1. The van der Waals surface area contributed by atoms with Crippen molar-refractivity contribution >= 4 is 22.9 Å². The van der Waals surface area contributed by atoms with Gasteiger partial charge in [-0.3, -0.25) is 4.79 Å². The topological polar surface area (TPSA) is 20.3 Å². The summed E-state index contributed by atoms with van der Waals surface area (Å²) in [6, 6.07) is 20.1. The lowest BCUT2D eigenvalue weighted by Crippen LogP contribution is -2.20. The van der Waals surface area contributed by atoms with Gasteiger partial charge in [0.05, 0.1) is 6.54 Å². The number of hydrogen-bond donors (Lipinski definition) is 0. The lowest BCUT2D eigenvalue weighted by molar-refractivity contribution is -0.107. The summed E-state index contributed by atoms with van der Waals surface area (Å²) in [7, 11) is 0. The number of hydrogen-bond acceptors (Lipinski definition) is 1. The molecule has 2 nitrogen and oxygen atoms in total. The van der Waals surface area contributed by atoms with Gasteiger partial charge < -0.3 is 4.90 Å². The third-order valence-corrected chi connectivity index (χ3v) is 3.46. The molecule has 0 aliphatic carbocycles. The molecule has 0 aromatic heterocycles. The third-order valence-electron chi connectivity index (χ3n) is 3.46. The average Bonchev–Trinajstić information content (AvgIpc) is 2.54. The van der Waals surface area contributed by atoms with Crippen molar-refractivity contribution in [2.24, 2.45) is 0 Å². The second-order valence-electron chi connectivity index (χ2n) is 4.89. The fourth-order valence-corrected chi connectivity index (χ4v) is 2.33. The van der Waals surface area contributed by atoms with Crippen LogP contribution in [-0.4, -0.2) is 6.41 Å². The summed E-state index contributed by atoms with van der Waals surface area (Å²) in [4.78, 5) is 13.0. The molecule has 0 fully saturated rings. The van der Waals surface area contributed by atoms with E-state index < -0.39 is 0 Å². The number of carbonyl (C=O) groups excluding carboxylic acids is 1. The van der Waals surface area contributed by atoms with Crippen LogP contribution in [0.25, 0.3) is 10.8 Å². The molecule has 0 saturated heterocycles. The quantitative estimate of drug-likeness (QED) is 0.657. The highest BCUT2D eigenvalue weighted by Gasteiger charge is 2.07. The van der Waals surface area contributed by atoms with Crippen molar-refractivity contribution < 1.29 is 9.18 Å². The molecule has 21 heavy (non-hydrogen) atoms. The minimum atomic E-state index is -0.276. The van der Waals surface area contributed by atoms with Crippen LogP contribution in [0.3, 0.4) is 0 Å². The lowest BCUT2D eigenvalue weighted by atomic mass is 10.1. The van der Waals surface area contributed by atoms with Crippen LogP contribution >= 0.6 is 0 Å². The van der Waals surface area contributed by atoms with E-state index in [0.717, 1.165) is 28.4 Å². The Morgan fingerprint density at radius 2 is 1.62 bits per heavy atom. The van der Waals surface area contributed by atoms with E-state index in [9.17, 15) is 9.18 Å². The van der Waals surface area contributed by atoms with Crippen LogP contribution in [0.4, 0.5) is 10.1 Å². The second-order valence-corrected chi connectivity index (χ2v) is 4.89. The van der Waals surface area contributed by atoms with E-state index in [0.29, 0.717) is 6.54 Å². The van der Waals surface area contributed by atoms with Crippen molar-refractivity contribution in [3.05, 3.63) is 78.1 Å². The number of benzene rings is 3. The Kier molecular flexibility index (Phi) is 3.65. The van der Waals surface area contributed by atoms with Crippen LogP contribution < -0.4 is 4.90 Å². The first-order valence-corrected chi connectivity index (χ1v) is 6.71. The largest absolute Gasteiger partial charge is 0.311 e. The van der Waals surface area contributed by atoms with Gasteiger partial charge in [-0.1, -0.05) is 42.5 Å². The van der Waals surface area contributed by atoms with Gasteiger partial charge in [0.25, 0.3) is 0 Å². The molecular formula is C18H14FNO. The van der Waals surface area contributed by atoms with E-state index in [1.165, 1.54) is 12.1 Å². The van der Waals surface area contributed by atoms with E-state index in [1.807, 2.05) is 42.5 Å². The molecule has 0 aliphatic heterocycles. The molecule has 0 radical (unpaired) electrons. The second kappa shape index (κ2) is 5.75. The zero-order chi connectivity index (χ0) is 14.7. The minimum Gasteiger partial charge on any atom is -0.311 e. The first-order chi connectivity index (χ1) is 10.3. The van der Waals surface area contributed by atoms with Crippen LogP contribution in [0.2, 0.25) is 0 Å². The molecule has 0 N–H and O–H groups in total. The molecule has 1 amide bonds. The average molecular weight is 279 g/mol. The summed E-state index contributed by atoms with van der Waals surface area (Å²) < 4.78 is 12.9. The first-order valence-electron chi connectivity index (χ1n) is 6.71. The van der Waals surface area contributed by atoms with Crippen molar-refractivity contribution in [3.8, 4) is 0 Å². The Labute approximate surface area is 122 Å². The summed E-state index contributed by atoms with van der Waals surface area (Å²) >= 11 is 0. The summed E-state index contributed by atoms with van der Waals surface area (Å²) in [6.45, 7) is 0.419. The van der Waals surface area contributed by atoms with Crippen molar-refractivity contribution in [3.63, 3.8) is 0 Å². The van der Waals surface area contributed by atoms with Crippen LogP contribution in [0.15, 0.2) is 66.7 Å². The number of amides is 1. The van der Waals surface area contributed by atoms with Gasteiger partial charge in [0.2, 0.25) is 6.41 Å². The predicted octanol–water partition coefficient (Wildman–Crippen LogP) is 4.14. The maximum absolute atomic E-state index is 12.9. The molecule has 3 aromatic carbocycles. The number of carbonyl (C=O) groups is 1. The van der Waals surface area contributed by atoms with Gasteiger partial charge in [-0.05, 0) is 40.6 Å². The fourth-order valence-electron chi connectivity index (χ4n) is 2.33. The Hall–Kier alpha value is -2.68. The first kappa shape index (κ1) is 13.3. The van der Waals surface area contributed by atoms with E-state index in [2.05, 4.69) is 0 Å². The van der Waals surface area contributed by atoms with Gasteiger partial charge in [0.1, 0.15) is 5.82 Å². The number of anilines is 1. The van der Waals surface area contributed by atoms with Gasteiger partial charge in [-0.2, -0.15) is 0 Å². The van der Waals surface area contributed by atoms with E-state index >= 15 is 0 Å². The van der Waals surface area contributed by atoms with Crippen LogP contribution in [0.5, 0.6) is 0 Å². The Morgan fingerprint density at radius 1 is 0.905 bits per heavy atom. The molecule has 0 atom stereocenters. The molecule has 0 unspecified atom stereocenters. The third kappa shape index (κ3) is 2.92.